The normalized spacial score (nSPS) is 27.8. The Kier molecular flexibility index (Phi) is 14.9. The predicted molar refractivity (Wildman–Crippen MR) is 264 cm³/mol. The number of esters is 1. The number of aromatic hydroxyl groups is 2. The van der Waals surface area contributed by atoms with Crippen molar-refractivity contribution in [1.82, 2.24) is 14.8 Å². The maximum absolute atomic E-state index is 14.7. The highest BCUT2D eigenvalue weighted by atomic mass is 16.7. The summed E-state index contributed by atoms with van der Waals surface area (Å²) in [5.41, 5.74) is 0.865. The summed E-state index contributed by atoms with van der Waals surface area (Å²) in [7, 11) is 0. The number of nitrogens with zero attached hydrogens (tertiary/aromatic N) is 6. The molecule has 0 aliphatic carbocycles. The lowest BCUT2D eigenvalue weighted by atomic mass is 9.86. The largest absolute Gasteiger partial charge is 0.507 e. The Hall–Kier alpha value is -6.37. The van der Waals surface area contributed by atoms with Gasteiger partial charge in [-0.05, 0) is 50.8 Å². The van der Waals surface area contributed by atoms with Gasteiger partial charge in [0.15, 0.2) is 5.75 Å². The summed E-state index contributed by atoms with van der Waals surface area (Å²) in [4.78, 5) is 75.2. The number of ether oxygens (including phenoxy) is 3. The molecule has 2 aromatic carbocycles. The molecule has 1 aromatic heterocycles. The van der Waals surface area contributed by atoms with Gasteiger partial charge in [-0.1, -0.05) is 45.9 Å². The molecular formula is C53H67N7O11. The van der Waals surface area contributed by atoms with Crippen LogP contribution in [-0.2, 0) is 23.9 Å². The van der Waals surface area contributed by atoms with E-state index in [1.165, 1.54) is 19.3 Å². The van der Waals surface area contributed by atoms with Crippen LogP contribution in [0, 0.1) is 24.7 Å². The van der Waals surface area contributed by atoms with Crippen molar-refractivity contribution in [3.8, 4) is 17.2 Å². The minimum Gasteiger partial charge on any atom is -0.507 e. The molecule has 5 bridgehead atoms. The van der Waals surface area contributed by atoms with E-state index in [4.69, 9.17) is 19.2 Å². The Morgan fingerprint density at radius 3 is 2.37 bits per heavy atom. The number of hydrogen-bond donors (Lipinski definition) is 5. The highest BCUT2D eigenvalue weighted by Gasteiger charge is 2.50. The van der Waals surface area contributed by atoms with Gasteiger partial charge in [0, 0.05) is 118 Å². The van der Waals surface area contributed by atoms with E-state index < -0.39 is 71.4 Å². The van der Waals surface area contributed by atoms with Crippen molar-refractivity contribution < 1.29 is 53.8 Å². The fourth-order valence-corrected chi connectivity index (χ4v) is 10.3. The number of piperazine rings is 1. The number of ketones is 1. The molecule has 1 unspecified atom stereocenters. The smallest absolute Gasteiger partial charge is 0.315 e. The van der Waals surface area contributed by atoms with E-state index in [0.717, 1.165) is 25.3 Å². The Bertz CT molecular complexity index is 2780. The molecule has 2 fully saturated rings. The van der Waals surface area contributed by atoms with Crippen LogP contribution >= 0.6 is 0 Å². The molecule has 7 heterocycles. The Morgan fingerprint density at radius 1 is 0.972 bits per heavy atom. The van der Waals surface area contributed by atoms with Crippen molar-refractivity contribution >= 4 is 45.7 Å². The van der Waals surface area contributed by atoms with Crippen LogP contribution in [0.3, 0.4) is 0 Å². The topological polar surface area (TPSA) is 236 Å². The molecule has 18 heteroatoms. The molecule has 71 heavy (non-hydrogen) atoms. The molecular weight excluding hydrogens is 911 g/mol. The van der Waals surface area contributed by atoms with E-state index in [1.807, 2.05) is 12.1 Å². The van der Waals surface area contributed by atoms with E-state index in [-0.39, 0.29) is 74.9 Å². The number of likely N-dealkylation sites (tertiary alicyclic amines) is 1. The third kappa shape index (κ3) is 10.5. The van der Waals surface area contributed by atoms with Gasteiger partial charge in [-0.15, -0.1) is 0 Å². The molecule has 2 amide bonds. The second-order valence-electron chi connectivity index (χ2n) is 20.3. The highest BCUT2D eigenvalue weighted by molar-refractivity contribution is 6.21. The van der Waals surface area contributed by atoms with Gasteiger partial charge >= 0.3 is 11.8 Å². The minimum atomic E-state index is -1.93. The second kappa shape index (κ2) is 20.8. The highest BCUT2D eigenvalue weighted by Crippen LogP contribution is 2.51. The van der Waals surface area contributed by atoms with Crippen molar-refractivity contribution in [3.63, 3.8) is 0 Å². The number of aliphatic hydroxyl groups excluding tert-OH is 2. The van der Waals surface area contributed by atoms with E-state index in [2.05, 4.69) is 38.9 Å². The van der Waals surface area contributed by atoms with Crippen molar-refractivity contribution in [1.29, 1.82) is 0 Å². The summed E-state index contributed by atoms with van der Waals surface area (Å²) in [6, 6.07) is 3.81. The third-order valence-corrected chi connectivity index (χ3v) is 14.6. The first-order valence-electron chi connectivity index (χ1n) is 24.8. The summed E-state index contributed by atoms with van der Waals surface area (Å²) >= 11 is 0. The van der Waals surface area contributed by atoms with Crippen LogP contribution in [-0.4, -0.2) is 134 Å². The standard InChI is InChI=1S/C53H67N7O11/c1-30(2)29-58-20-16-53(17-21-58)56-43-40-41-47(65)34(6)49-42(40)50(67)52(7,71-49)69-26-9-8-13-36(70-39(63)28-38(62)60-24-22-59(23-25-60)35-14-18-54-19-15-35)27-37(61)33(5)46(64)31(3)11-10-12-32(4)51(68)55-45(48(41)66)44(43)57-53/h9-12,14-15,18-19,26,30-31,33,36-37,46,56,61,64-66H,8,13,16-17,20-25,27-29H2,1-7H3/b11-10+,26-9+,32-12-,55-45?/t31?,33-,36+,37-,46-,52-/m0/s1. The SMILES string of the molecule is C/C1=C/C=C/C(C)[C@H](O)[C@@H](C)[C@@H](O)C[C@H](OC(=O)CC(=O)N2CCN(c3ccncc3)CC2)CC/C=C/O[C@@]2(C)Oc3c(C)c(O)c4c(O)c(c5c(c4c3C2=O)NC2(CCN(CC(C)C)CC2)N=5)=NC1=O. The van der Waals surface area contributed by atoms with E-state index in [0.29, 0.717) is 50.6 Å². The number of aliphatic hydroxyl groups is 2. The summed E-state index contributed by atoms with van der Waals surface area (Å²) < 4.78 is 18.3. The summed E-state index contributed by atoms with van der Waals surface area (Å²) in [5.74, 6) is -5.93. The van der Waals surface area contributed by atoms with Crippen LogP contribution in [0.2, 0.25) is 0 Å². The molecule has 0 radical (unpaired) electrons. The number of Topliss-reactive ketones (excluding diaryl/α,β-unsaturated/α-hetero) is 1. The molecule has 18 nitrogen and oxygen atoms in total. The van der Waals surface area contributed by atoms with Gasteiger partial charge in [-0.25, -0.2) is 4.99 Å². The molecule has 380 valence electrons. The van der Waals surface area contributed by atoms with Gasteiger partial charge in [0.2, 0.25) is 5.91 Å². The second-order valence-corrected chi connectivity index (χ2v) is 20.3. The fraction of sp³-hybridized carbons (Fsp3) is 0.528. The number of phenols is 2. The first kappa shape index (κ1) is 51.0. The summed E-state index contributed by atoms with van der Waals surface area (Å²) in [6.07, 6.45) is 9.16. The first-order chi connectivity index (χ1) is 33.8. The van der Waals surface area contributed by atoms with Gasteiger partial charge in [-0.3, -0.25) is 29.2 Å². The van der Waals surface area contributed by atoms with Crippen molar-refractivity contribution in [2.75, 3.05) is 56.0 Å². The first-order valence-corrected chi connectivity index (χ1v) is 24.8. The number of aromatic nitrogens is 1. The zero-order chi connectivity index (χ0) is 50.9. The molecule has 0 saturated carbocycles. The Morgan fingerprint density at radius 2 is 1.68 bits per heavy atom. The van der Waals surface area contributed by atoms with Gasteiger partial charge in [-0.2, -0.15) is 0 Å². The van der Waals surface area contributed by atoms with Crippen LogP contribution in [0.4, 0.5) is 11.4 Å². The summed E-state index contributed by atoms with van der Waals surface area (Å²) in [6.45, 7) is 16.7. The summed E-state index contributed by atoms with van der Waals surface area (Å²) in [5, 5.41) is 50.6. The molecule has 2 saturated heterocycles. The van der Waals surface area contributed by atoms with Crippen LogP contribution in [0.25, 0.3) is 10.8 Å². The van der Waals surface area contributed by atoms with Crippen molar-refractivity contribution in [2.24, 2.45) is 27.7 Å². The fourth-order valence-electron chi connectivity index (χ4n) is 10.3. The van der Waals surface area contributed by atoms with Gasteiger partial charge in [0.05, 0.1) is 35.1 Å². The predicted octanol–water partition coefficient (Wildman–Crippen LogP) is 4.75. The molecule has 5 N–H and O–H groups in total. The van der Waals surface area contributed by atoms with Crippen molar-refractivity contribution in [2.45, 2.75) is 117 Å². The van der Waals surface area contributed by atoms with E-state index >= 15 is 0 Å². The number of pyridine rings is 1. The number of fused-ring (bicyclic) bond motifs is 13. The lowest BCUT2D eigenvalue weighted by Gasteiger charge is -2.38. The van der Waals surface area contributed by atoms with Crippen LogP contribution in [0.15, 0.2) is 70.7 Å². The molecule has 3 aromatic rings. The number of carbonyl (C=O) groups excluding carboxylic acids is 4. The van der Waals surface area contributed by atoms with E-state index in [9.17, 15) is 39.6 Å². The average molecular weight is 978 g/mol. The van der Waals surface area contributed by atoms with Crippen LogP contribution < -0.4 is 25.7 Å². The lowest BCUT2D eigenvalue weighted by Crippen LogP contribution is -2.49. The molecule has 6 aliphatic heterocycles. The number of allylic oxidation sites excluding steroid dienone is 3. The van der Waals surface area contributed by atoms with Crippen molar-refractivity contribution in [3.05, 3.63) is 82.5 Å². The zero-order valence-electron chi connectivity index (χ0n) is 41.7. The number of benzene rings is 2. The Labute approximate surface area is 413 Å². The van der Waals surface area contributed by atoms with E-state index in [1.54, 1.807) is 63.2 Å². The zero-order valence-corrected chi connectivity index (χ0v) is 41.7. The minimum absolute atomic E-state index is 0.0518. The number of rotatable bonds is 6. The van der Waals surface area contributed by atoms with Crippen LogP contribution in [0.1, 0.15) is 96.0 Å². The number of piperidine rings is 1. The molecule has 6 atom stereocenters. The number of nitrogens with one attached hydrogen (secondary N) is 1. The number of hydrogen-bond acceptors (Lipinski definition) is 16. The molecule has 9 rings (SSSR count). The molecule has 6 aliphatic rings. The van der Waals surface area contributed by atoms with Crippen LogP contribution in [0.5, 0.6) is 17.2 Å². The van der Waals surface area contributed by atoms with Gasteiger partial charge < -0.3 is 54.7 Å². The monoisotopic (exact) mass is 977 g/mol. The lowest BCUT2D eigenvalue weighted by molar-refractivity contribution is -0.155. The Balaban J connectivity index is 1.10. The number of anilines is 2. The van der Waals surface area contributed by atoms with Gasteiger partial charge in [0.25, 0.3) is 11.7 Å². The quantitative estimate of drug-likeness (QED) is 0.127. The third-order valence-electron chi connectivity index (χ3n) is 14.6. The average Bonchev–Trinajstić information content (AvgIpc) is 3.84. The van der Waals surface area contributed by atoms with Gasteiger partial charge in [0.1, 0.15) is 40.4 Å². The maximum Gasteiger partial charge on any atom is 0.315 e. The maximum atomic E-state index is 14.7. The number of phenolic OH excluding ortho intramolecular Hbond substituents is 2. The molecule has 1 spiro atoms. The number of amides is 2. The number of carbonyl (C=O) groups is 4.